The number of nitrogens with two attached hydrogens (primary N) is 1. The van der Waals surface area contributed by atoms with Crippen molar-refractivity contribution in [3.63, 3.8) is 0 Å². The standard InChI is InChI=1S/C28H27N7O/c29-28(24-15-19-5-1-3-7-22(19)32-24)25-17-30-11-14-35(25)26(33-28)18-9-12-34(13-10-18)27(36)21-16-31-23-8-4-2-6-20(21)23/h1-8,11,14-18,30-32H,9-10,12-13,29H2. The first-order chi connectivity index (χ1) is 17.6. The molecular weight excluding hydrogens is 450 g/mol. The van der Waals surface area contributed by atoms with E-state index in [1.54, 1.807) is 0 Å². The van der Waals surface area contributed by atoms with Gasteiger partial charge in [0.25, 0.3) is 5.91 Å². The molecule has 4 aromatic rings. The molecule has 1 unspecified atom stereocenters. The normalized spacial score (nSPS) is 22.0. The maximum Gasteiger partial charge on any atom is 0.256 e. The summed E-state index contributed by atoms with van der Waals surface area (Å²) in [5.41, 5.74) is 10.5. The van der Waals surface area contributed by atoms with Crippen molar-refractivity contribution >= 4 is 33.5 Å². The van der Waals surface area contributed by atoms with Crippen LogP contribution in [0, 0.1) is 5.92 Å². The van der Waals surface area contributed by atoms with Gasteiger partial charge in [-0.3, -0.25) is 10.5 Å². The Morgan fingerprint density at radius 2 is 1.83 bits per heavy atom. The van der Waals surface area contributed by atoms with Crippen LogP contribution in [0.25, 0.3) is 21.8 Å². The summed E-state index contributed by atoms with van der Waals surface area (Å²) in [5, 5.41) is 5.26. The van der Waals surface area contributed by atoms with Crippen LogP contribution in [0.5, 0.6) is 0 Å². The Balaban J connectivity index is 1.16. The van der Waals surface area contributed by atoms with E-state index in [9.17, 15) is 4.79 Å². The molecule has 5 N–H and O–H groups in total. The van der Waals surface area contributed by atoms with Crippen molar-refractivity contribution in [1.29, 1.82) is 0 Å². The van der Waals surface area contributed by atoms with Crippen molar-refractivity contribution < 1.29 is 4.79 Å². The van der Waals surface area contributed by atoms with Gasteiger partial charge in [0.15, 0.2) is 5.66 Å². The van der Waals surface area contributed by atoms with E-state index in [2.05, 4.69) is 32.3 Å². The molecule has 3 aliphatic rings. The molecule has 180 valence electrons. The van der Waals surface area contributed by atoms with Crippen LogP contribution in [0.3, 0.4) is 0 Å². The number of H-pyrrole nitrogens is 2. The number of amidine groups is 1. The van der Waals surface area contributed by atoms with Gasteiger partial charge in [-0.15, -0.1) is 0 Å². The molecule has 0 saturated carbocycles. The molecule has 1 fully saturated rings. The first kappa shape index (κ1) is 21.0. The lowest BCUT2D eigenvalue weighted by Gasteiger charge is -2.34. The molecule has 1 atom stereocenters. The molecule has 8 heteroatoms. The molecule has 2 aromatic heterocycles. The van der Waals surface area contributed by atoms with E-state index in [1.165, 1.54) is 0 Å². The zero-order chi connectivity index (χ0) is 24.3. The molecule has 0 radical (unpaired) electrons. The van der Waals surface area contributed by atoms with Gasteiger partial charge in [-0.05, 0) is 36.4 Å². The maximum atomic E-state index is 13.3. The van der Waals surface area contributed by atoms with Gasteiger partial charge < -0.3 is 25.1 Å². The second kappa shape index (κ2) is 7.86. The van der Waals surface area contributed by atoms with Gasteiger partial charge in [-0.2, -0.15) is 0 Å². The number of nitrogens with zero attached hydrogens (tertiary/aromatic N) is 3. The van der Waals surface area contributed by atoms with Gasteiger partial charge >= 0.3 is 0 Å². The van der Waals surface area contributed by atoms with Crippen LogP contribution in [0.4, 0.5) is 0 Å². The van der Waals surface area contributed by atoms with E-state index in [-0.39, 0.29) is 11.8 Å². The molecule has 0 bridgehead atoms. The van der Waals surface area contributed by atoms with Crippen LogP contribution < -0.4 is 11.1 Å². The Hall–Kier alpha value is -4.30. The summed E-state index contributed by atoms with van der Waals surface area (Å²) in [7, 11) is 0. The van der Waals surface area contributed by atoms with Crippen molar-refractivity contribution in [3.8, 4) is 0 Å². The topological polar surface area (TPSA) is 106 Å². The minimum absolute atomic E-state index is 0.0770. The highest BCUT2D eigenvalue weighted by Gasteiger charge is 2.46. The average molecular weight is 478 g/mol. The fraction of sp³-hybridized carbons (Fsp3) is 0.214. The summed E-state index contributed by atoms with van der Waals surface area (Å²) in [4.78, 5) is 29.2. The Labute approximate surface area is 208 Å². The first-order valence-electron chi connectivity index (χ1n) is 12.4. The number of fused-ring (bicyclic) bond motifs is 3. The summed E-state index contributed by atoms with van der Waals surface area (Å²) in [6, 6.07) is 18.2. The number of piperidine rings is 1. The zero-order valence-corrected chi connectivity index (χ0v) is 19.7. The van der Waals surface area contributed by atoms with Gasteiger partial charge in [0.05, 0.1) is 17.0 Å². The summed E-state index contributed by atoms with van der Waals surface area (Å²) in [5.74, 6) is 1.24. The number of aliphatic imine (C=N–C) groups is 1. The predicted molar refractivity (Wildman–Crippen MR) is 141 cm³/mol. The number of nitrogens with one attached hydrogen (secondary N) is 3. The molecule has 0 spiro atoms. The second-order valence-corrected chi connectivity index (χ2v) is 9.70. The highest BCUT2D eigenvalue weighted by Crippen LogP contribution is 2.41. The molecule has 1 amide bonds. The number of para-hydroxylation sites is 2. The summed E-state index contributed by atoms with van der Waals surface area (Å²) >= 11 is 0. The minimum Gasteiger partial charge on any atom is -0.365 e. The summed E-state index contributed by atoms with van der Waals surface area (Å²) in [6.07, 6.45) is 9.31. The number of benzene rings is 2. The van der Waals surface area contributed by atoms with Crippen LogP contribution >= 0.6 is 0 Å². The van der Waals surface area contributed by atoms with E-state index in [1.807, 2.05) is 72.2 Å². The predicted octanol–water partition coefficient (Wildman–Crippen LogP) is 3.94. The highest BCUT2D eigenvalue weighted by molar-refractivity contribution is 6.06. The third-order valence-electron chi connectivity index (χ3n) is 7.64. The number of amides is 1. The van der Waals surface area contributed by atoms with Gasteiger partial charge in [-0.25, -0.2) is 4.99 Å². The van der Waals surface area contributed by atoms with Gasteiger partial charge in [-0.1, -0.05) is 36.4 Å². The Bertz CT molecular complexity index is 1550. The summed E-state index contributed by atoms with van der Waals surface area (Å²) in [6.45, 7) is 1.36. The molecule has 8 nitrogen and oxygen atoms in total. The third kappa shape index (κ3) is 3.11. The fourth-order valence-corrected chi connectivity index (χ4v) is 5.70. The minimum atomic E-state index is -1.01. The highest BCUT2D eigenvalue weighted by atomic mass is 16.2. The maximum absolute atomic E-state index is 13.3. The number of rotatable bonds is 3. The van der Waals surface area contributed by atoms with E-state index < -0.39 is 5.66 Å². The quantitative estimate of drug-likeness (QED) is 0.359. The van der Waals surface area contributed by atoms with Crippen molar-refractivity contribution in [1.82, 2.24) is 25.1 Å². The van der Waals surface area contributed by atoms with E-state index in [0.717, 1.165) is 57.4 Å². The number of carbonyl (C=O) groups excluding carboxylic acids is 1. The number of hydrogen-bond donors (Lipinski definition) is 4. The summed E-state index contributed by atoms with van der Waals surface area (Å²) < 4.78 is 0. The van der Waals surface area contributed by atoms with E-state index >= 15 is 0 Å². The number of aromatic nitrogens is 2. The van der Waals surface area contributed by atoms with Crippen molar-refractivity contribution in [2.75, 3.05) is 13.1 Å². The van der Waals surface area contributed by atoms with Crippen molar-refractivity contribution in [2.24, 2.45) is 16.6 Å². The smallest absolute Gasteiger partial charge is 0.256 e. The number of carbonyl (C=O) groups is 1. The van der Waals surface area contributed by atoms with Crippen LogP contribution in [-0.4, -0.2) is 44.6 Å². The largest absolute Gasteiger partial charge is 0.365 e. The SMILES string of the molecule is NC1(c2cc3ccccc3[nH]2)N=C(C2CCN(C(=O)c3c[nH]c4ccccc34)CC2)N2C=CNC=C21. The lowest BCUT2D eigenvalue weighted by molar-refractivity contribution is 0.0710. The Morgan fingerprint density at radius 1 is 1.06 bits per heavy atom. The van der Waals surface area contributed by atoms with Crippen molar-refractivity contribution in [3.05, 3.63) is 96.3 Å². The van der Waals surface area contributed by atoms with Gasteiger partial charge in [0.2, 0.25) is 0 Å². The third-order valence-corrected chi connectivity index (χ3v) is 7.64. The lowest BCUT2D eigenvalue weighted by Crippen LogP contribution is -2.43. The van der Waals surface area contributed by atoms with Gasteiger partial charge in [0, 0.05) is 60.2 Å². The molecule has 7 rings (SSSR count). The van der Waals surface area contributed by atoms with Crippen LogP contribution in [0.2, 0.25) is 0 Å². The molecule has 1 saturated heterocycles. The molecule has 2 aromatic carbocycles. The first-order valence-corrected chi connectivity index (χ1v) is 12.4. The molecule has 3 aliphatic heterocycles. The van der Waals surface area contributed by atoms with Crippen LogP contribution in [-0.2, 0) is 5.66 Å². The number of aromatic amines is 2. The fourth-order valence-electron chi connectivity index (χ4n) is 5.70. The molecular formula is C28H27N7O. The van der Waals surface area contributed by atoms with Crippen molar-refractivity contribution in [2.45, 2.75) is 18.5 Å². The van der Waals surface area contributed by atoms with Gasteiger partial charge in [0.1, 0.15) is 5.84 Å². The Morgan fingerprint density at radius 3 is 2.67 bits per heavy atom. The molecule has 0 aliphatic carbocycles. The molecule has 5 heterocycles. The zero-order valence-electron chi connectivity index (χ0n) is 19.7. The van der Waals surface area contributed by atoms with Crippen LogP contribution in [0.1, 0.15) is 28.9 Å². The lowest BCUT2D eigenvalue weighted by atomic mass is 9.94. The monoisotopic (exact) mass is 477 g/mol. The van der Waals surface area contributed by atoms with E-state index in [4.69, 9.17) is 10.7 Å². The Kier molecular flexibility index (Phi) is 4.59. The second-order valence-electron chi connectivity index (χ2n) is 9.70. The van der Waals surface area contributed by atoms with Crippen LogP contribution in [0.15, 0.2) is 90.1 Å². The number of hydrogen-bond acceptors (Lipinski definition) is 5. The number of likely N-dealkylation sites (tertiary alicyclic amines) is 1. The van der Waals surface area contributed by atoms with E-state index in [0.29, 0.717) is 13.1 Å². The molecule has 36 heavy (non-hydrogen) atoms. The average Bonchev–Trinajstić information content (AvgIpc) is 3.63.